The second-order valence-corrected chi connectivity index (χ2v) is 3.55. The van der Waals surface area contributed by atoms with Gasteiger partial charge in [-0.3, -0.25) is 0 Å². The van der Waals surface area contributed by atoms with Crippen LogP contribution in [-0.2, 0) is 20.9 Å². The van der Waals surface area contributed by atoms with Crippen LogP contribution < -0.4 is 4.74 Å². The zero-order valence-electron chi connectivity index (χ0n) is 10.9. The second-order valence-electron chi connectivity index (χ2n) is 3.55. The Morgan fingerprint density at radius 3 is 2.72 bits per heavy atom. The molecule has 0 aliphatic carbocycles. The number of esters is 1. The van der Waals surface area contributed by atoms with Crippen molar-refractivity contribution in [2.24, 2.45) is 0 Å². The minimum atomic E-state index is -0.369. The van der Waals surface area contributed by atoms with E-state index >= 15 is 0 Å². The molecule has 18 heavy (non-hydrogen) atoms. The molecule has 1 rings (SSSR count). The van der Waals surface area contributed by atoms with Gasteiger partial charge in [-0.05, 0) is 24.6 Å². The highest BCUT2D eigenvalue weighted by Crippen LogP contribution is 2.24. The Balaban J connectivity index is 3.00. The first-order valence-corrected chi connectivity index (χ1v) is 5.72. The zero-order chi connectivity index (χ0) is 13.4. The summed E-state index contributed by atoms with van der Waals surface area (Å²) in [6.07, 6.45) is 3.08. The Kier molecular flexibility index (Phi) is 5.94. The first kappa shape index (κ1) is 14.3. The lowest BCUT2D eigenvalue weighted by Gasteiger charge is -2.10. The quantitative estimate of drug-likeness (QED) is 0.574. The van der Waals surface area contributed by atoms with Crippen molar-refractivity contribution in [1.29, 1.82) is 0 Å². The molecule has 0 aliphatic rings. The van der Waals surface area contributed by atoms with Crippen molar-refractivity contribution in [2.75, 3.05) is 20.8 Å². The van der Waals surface area contributed by atoms with Crippen LogP contribution in [0.25, 0.3) is 6.08 Å². The monoisotopic (exact) mass is 250 g/mol. The van der Waals surface area contributed by atoms with E-state index in [9.17, 15) is 4.79 Å². The van der Waals surface area contributed by atoms with E-state index in [0.29, 0.717) is 19.0 Å². The van der Waals surface area contributed by atoms with Gasteiger partial charge in [0.2, 0.25) is 0 Å². The molecule has 0 saturated carbocycles. The Morgan fingerprint density at radius 2 is 2.11 bits per heavy atom. The fourth-order valence-corrected chi connectivity index (χ4v) is 1.58. The van der Waals surface area contributed by atoms with Gasteiger partial charge in [0, 0.05) is 18.7 Å². The zero-order valence-corrected chi connectivity index (χ0v) is 10.9. The molecule has 1 aromatic carbocycles. The maximum absolute atomic E-state index is 11.3. The van der Waals surface area contributed by atoms with E-state index in [1.165, 1.54) is 6.08 Å². The smallest absolute Gasteiger partial charge is 0.330 e. The molecule has 4 nitrogen and oxygen atoms in total. The van der Waals surface area contributed by atoms with Crippen LogP contribution >= 0.6 is 0 Å². The summed E-state index contributed by atoms with van der Waals surface area (Å²) in [6.45, 7) is 2.59. The van der Waals surface area contributed by atoms with Gasteiger partial charge in [-0.15, -0.1) is 0 Å². The Bertz CT molecular complexity index is 424. The normalized spacial score (nSPS) is 10.6. The molecule has 98 valence electrons. The molecular weight excluding hydrogens is 232 g/mol. The average molecular weight is 250 g/mol. The summed E-state index contributed by atoms with van der Waals surface area (Å²) in [6, 6.07) is 5.65. The van der Waals surface area contributed by atoms with E-state index in [1.807, 2.05) is 18.2 Å². The van der Waals surface area contributed by atoms with Crippen LogP contribution in [-0.4, -0.2) is 26.8 Å². The Morgan fingerprint density at radius 1 is 1.33 bits per heavy atom. The van der Waals surface area contributed by atoms with Crippen molar-refractivity contribution in [1.82, 2.24) is 0 Å². The van der Waals surface area contributed by atoms with Crippen molar-refractivity contribution in [3.8, 4) is 5.75 Å². The molecule has 0 unspecified atom stereocenters. The van der Waals surface area contributed by atoms with Crippen LogP contribution in [0.4, 0.5) is 0 Å². The molecule has 0 N–H and O–H groups in total. The summed E-state index contributed by atoms with van der Waals surface area (Å²) >= 11 is 0. The number of ether oxygens (including phenoxy) is 3. The lowest BCUT2D eigenvalue weighted by atomic mass is 10.1. The fraction of sp³-hybridized carbons (Fsp3) is 0.357. The van der Waals surface area contributed by atoms with Gasteiger partial charge in [0.25, 0.3) is 0 Å². The molecule has 0 fully saturated rings. The minimum absolute atomic E-state index is 0.361. The molecule has 0 aromatic heterocycles. The number of rotatable bonds is 6. The highest BCUT2D eigenvalue weighted by molar-refractivity contribution is 5.88. The highest BCUT2D eigenvalue weighted by atomic mass is 16.5. The number of methoxy groups -OCH3 is 2. The Hall–Kier alpha value is -1.81. The van der Waals surface area contributed by atoms with Crippen molar-refractivity contribution < 1.29 is 19.0 Å². The van der Waals surface area contributed by atoms with E-state index in [1.54, 1.807) is 27.2 Å². The largest absolute Gasteiger partial charge is 0.496 e. The van der Waals surface area contributed by atoms with Crippen LogP contribution in [0.3, 0.4) is 0 Å². The van der Waals surface area contributed by atoms with Crippen LogP contribution in [0, 0.1) is 0 Å². The molecule has 0 atom stereocenters. The summed E-state index contributed by atoms with van der Waals surface area (Å²) in [5, 5.41) is 0. The maximum Gasteiger partial charge on any atom is 0.330 e. The molecule has 0 bridgehead atoms. The number of benzene rings is 1. The standard InChI is InChI=1S/C14H18O4/c1-4-18-14(15)9-8-12-11(10-16-2)6-5-7-13(12)17-3/h5-9H,4,10H2,1-3H3/b9-8+. The lowest BCUT2D eigenvalue weighted by molar-refractivity contribution is -0.137. The van der Waals surface area contributed by atoms with Crippen LogP contribution in [0.1, 0.15) is 18.1 Å². The second kappa shape index (κ2) is 7.50. The third-order valence-electron chi connectivity index (χ3n) is 2.35. The Labute approximate surface area is 107 Å². The lowest BCUT2D eigenvalue weighted by Crippen LogP contribution is -2.00. The van der Waals surface area contributed by atoms with Crippen molar-refractivity contribution in [3.05, 3.63) is 35.4 Å². The van der Waals surface area contributed by atoms with Crippen LogP contribution in [0.5, 0.6) is 5.75 Å². The third-order valence-corrected chi connectivity index (χ3v) is 2.35. The molecule has 0 amide bonds. The van der Waals surface area contributed by atoms with E-state index in [4.69, 9.17) is 14.2 Å². The number of hydrogen-bond donors (Lipinski definition) is 0. The average Bonchev–Trinajstić information content (AvgIpc) is 2.37. The predicted octanol–water partition coefficient (Wildman–Crippen LogP) is 2.42. The SMILES string of the molecule is CCOC(=O)/C=C/c1c(COC)cccc1OC. The predicted molar refractivity (Wildman–Crippen MR) is 69.4 cm³/mol. The summed E-state index contributed by atoms with van der Waals surface area (Å²) in [5.74, 6) is 0.330. The van der Waals surface area contributed by atoms with Gasteiger partial charge >= 0.3 is 5.97 Å². The summed E-state index contributed by atoms with van der Waals surface area (Å²) in [5.41, 5.74) is 1.78. The summed E-state index contributed by atoms with van der Waals surface area (Å²) < 4.78 is 15.2. The van der Waals surface area contributed by atoms with Crippen LogP contribution in [0.2, 0.25) is 0 Å². The molecule has 0 spiro atoms. The van der Waals surface area contributed by atoms with Gasteiger partial charge < -0.3 is 14.2 Å². The van der Waals surface area contributed by atoms with Gasteiger partial charge in [-0.2, -0.15) is 0 Å². The molecule has 0 aliphatic heterocycles. The molecule has 0 radical (unpaired) electrons. The minimum Gasteiger partial charge on any atom is -0.496 e. The van der Waals surface area contributed by atoms with E-state index in [2.05, 4.69) is 0 Å². The van der Waals surface area contributed by atoms with Crippen LogP contribution in [0.15, 0.2) is 24.3 Å². The molecular formula is C14H18O4. The maximum atomic E-state index is 11.3. The van der Waals surface area contributed by atoms with Crippen molar-refractivity contribution in [3.63, 3.8) is 0 Å². The topological polar surface area (TPSA) is 44.8 Å². The van der Waals surface area contributed by atoms with Crippen molar-refractivity contribution >= 4 is 12.0 Å². The molecule has 0 heterocycles. The summed E-state index contributed by atoms with van der Waals surface area (Å²) in [4.78, 5) is 11.3. The number of carbonyl (C=O) groups excluding carboxylic acids is 1. The molecule has 0 saturated heterocycles. The summed E-state index contributed by atoms with van der Waals surface area (Å²) in [7, 11) is 3.21. The van der Waals surface area contributed by atoms with Gasteiger partial charge in [-0.1, -0.05) is 12.1 Å². The molecule has 1 aromatic rings. The van der Waals surface area contributed by atoms with Gasteiger partial charge in [-0.25, -0.2) is 4.79 Å². The first-order valence-electron chi connectivity index (χ1n) is 5.72. The van der Waals surface area contributed by atoms with Gasteiger partial charge in [0.15, 0.2) is 0 Å². The number of hydrogen-bond acceptors (Lipinski definition) is 4. The highest BCUT2D eigenvalue weighted by Gasteiger charge is 2.06. The molecule has 4 heteroatoms. The van der Waals surface area contributed by atoms with Crippen molar-refractivity contribution in [2.45, 2.75) is 13.5 Å². The van der Waals surface area contributed by atoms with E-state index < -0.39 is 0 Å². The van der Waals surface area contributed by atoms with Gasteiger partial charge in [0.1, 0.15) is 5.75 Å². The fourth-order valence-electron chi connectivity index (χ4n) is 1.58. The van der Waals surface area contributed by atoms with Gasteiger partial charge in [0.05, 0.1) is 20.3 Å². The van der Waals surface area contributed by atoms with E-state index in [-0.39, 0.29) is 5.97 Å². The van der Waals surface area contributed by atoms with E-state index in [0.717, 1.165) is 11.1 Å². The third kappa shape index (κ3) is 3.89. The first-order chi connectivity index (χ1) is 8.72. The number of carbonyl (C=O) groups is 1.